The van der Waals surface area contributed by atoms with Crippen LogP contribution in [0.15, 0.2) is 0 Å². The van der Waals surface area contributed by atoms with Gasteiger partial charge in [-0.15, -0.1) is 0 Å². The van der Waals surface area contributed by atoms with E-state index in [1.165, 1.54) is 0 Å². The Morgan fingerprint density at radius 3 is 1.96 bits per heavy atom. The molecule has 162 valence electrons. The monoisotopic (exact) mass is 408 g/mol. The molecule has 1 saturated heterocycles. The second kappa shape index (κ2) is 12.5. The van der Waals surface area contributed by atoms with Crippen LogP contribution in [0.1, 0.15) is 74.1 Å². The summed E-state index contributed by atoms with van der Waals surface area (Å²) in [6, 6.07) is 0. The van der Waals surface area contributed by atoms with Gasteiger partial charge in [-0.25, -0.2) is 0 Å². The summed E-state index contributed by atoms with van der Waals surface area (Å²) >= 11 is 0. The highest BCUT2D eigenvalue weighted by molar-refractivity contribution is 6.62. The molecule has 1 aliphatic heterocycles. The van der Waals surface area contributed by atoms with Crippen molar-refractivity contribution in [3.8, 4) is 0 Å². The third-order valence-corrected chi connectivity index (χ3v) is 7.58. The Balaban J connectivity index is 2.98. The van der Waals surface area contributed by atoms with E-state index in [0.717, 1.165) is 12.8 Å². The number of hydrogen-bond acceptors (Lipinski definition) is 7. The Labute approximate surface area is 166 Å². The van der Waals surface area contributed by atoms with Crippen LogP contribution in [0.4, 0.5) is 0 Å². The Morgan fingerprint density at radius 1 is 1.00 bits per heavy atom. The maximum atomic E-state index is 6.39. The molecule has 0 spiro atoms. The van der Waals surface area contributed by atoms with E-state index in [0.29, 0.717) is 39.3 Å². The van der Waals surface area contributed by atoms with Crippen LogP contribution in [0.2, 0.25) is 0 Å². The molecule has 8 heteroatoms. The summed E-state index contributed by atoms with van der Waals surface area (Å²) in [4.78, 5) is 0. The van der Waals surface area contributed by atoms with Crippen molar-refractivity contribution in [2.45, 2.75) is 98.2 Å². The lowest BCUT2D eigenvalue weighted by molar-refractivity contribution is -0.389. The summed E-state index contributed by atoms with van der Waals surface area (Å²) in [5, 5.41) is 0. The normalized spacial score (nSPS) is 25.7. The number of ether oxygens (including phenoxy) is 4. The van der Waals surface area contributed by atoms with E-state index < -0.39 is 21.1 Å². The van der Waals surface area contributed by atoms with Crippen molar-refractivity contribution < 1.29 is 32.2 Å². The molecule has 1 rings (SSSR count). The SMILES string of the molecule is CCCC(OC(CC)OC1(CC)OCC(C)O1)[Si](OCC)(OCC)OCC. The average Bonchev–Trinajstić information content (AvgIpc) is 3.02. The van der Waals surface area contributed by atoms with Gasteiger partial charge in [-0.1, -0.05) is 27.2 Å². The van der Waals surface area contributed by atoms with E-state index in [2.05, 4.69) is 6.92 Å². The largest absolute Gasteiger partial charge is 0.531 e. The second-order valence-electron chi connectivity index (χ2n) is 6.55. The van der Waals surface area contributed by atoms with Gasteiger partial charge in [0.15, 0.2) is 6.29 Å². The minimum Gasteiger partial charge on any atom is -0.372 e. The van der Waals surface area contributed by atoms with Crippen molar-refractivity contribution >= 4 is 8.80 Å². The van der Waals surface area contributed by atoms with Crippen LogP contribution in [-0.4, -0.2) is 59.3 Å². The van der Waals surface area contributed by atoms with Gasteiger partial charge in [-0.3, -0.25) is 4.74 Å². The van der Waals surface area contributed by atoms with Gasteiger partial charge in [0.05, 0.1) is 12.7 Å². The standard InChI is InChI=1S/C19H40O7Si/c1-8-14-18(27(21-11-4,22-12-5)23-13-6)24-17(9-2)26-19(10-3)20-15-16(7)25-19/h16-18H,8-15H2,1-7H3. The van der Waals surface area contributed by atoms with Crippen molar-refractivity contribution in [1.29, 1.82) is 0 Å². The van der Waals surface area contributed by atoms with Gasteiger partial charge in [0.1, 0.15) is 5.73 Å². The second-order valence-corrected chi connectivity index (χ2v) is 9.26. The quantitative estimate of drug-likeness (QED) is 0.300. The van der Waals surface area contributed by atoms with Crippen LogP contribution in [0.3, 0.4) is 0 Å². The number of hydrogen-bond donors (Lipinski definition) is 0. The Hall–Kier alpha value is -0.0631. The molecule has 7 nitrogen and oxygen atoms in total. The molecular weight excluding hydrogens is 368 g/mol. The smallest absolute Gasteiger partial charge is 0.372 e. The van der Waals surface area contributed by atoms with Crippen LogP contribution in [0.5, 0.6) is 0 Å². The predicted molar refractivity (Wildman–Crippen MR) is 105 cm³/mol. The molecule has 0 radical (unpaired) electrons. The molecule has 27 heavy (non-hydrogen) atoms. The van der Waals surface area contributed by atoms with Crippen molar-refractivity contribution in [2.75, 3.05) is 26.4 Å². The predicted octanol–water partition coefficient (Wildman–Crippen LogP) is 4.01. The first-order chi connectivity index (χ1) is 12.9. The van der Waals surface area contributed by atoms with E-state index >= 15 is 0 Å². The minimum atomic E-state index is -3.01. The average molecular weight is 409 g/mol. The summed E-state index contributed by atoms with van der Waals surface area (Å²) in [5.41, 5.74) is -0.306. The first-order valence-corrected chi connectivity index (χ1v) is 12.3. The van der Waals surface area contributed by atoms with E-state index in [1.54, 1.807) is 0 Å². The van der Waals surface area contributed by atoms with E-state index in [4.69, 9.17) is 32.2 Å². The molecule has 1 heterocycles. The maximum Gasteiger partial charge on any atom is 0.531 e. The first kappa shape index (κ1) is 25.0. The molecule has 0 saturated carbocycles. The van der Waals surface area contributed by atoms with Crippen LogP contribution < -0.4 is 0 Å². The van der Waals surface area contributed by atoms with Gasteiger partial charge in [0.25, 0.3) is 5.97 Å². The van der Waals surface area contributed by atoms with Gasteiger partial charge >= 0.3 is 8.80 Å². The fraction of sp³-hybridized carbons (Fsp3) is 1.00. The maximum absolute atomic E-state index is 6.39. The molecule has 0 amide bonds. The molecule has 0 aromatic heterocycles. The molecular formula is C19H40O7Si. The van der Waals surface area contributed by atoms with E-state index in [9.17, 15) is 0 Å². The zero-order valence-corrected chi connectivity index (χ0v) is 19.2. The van der Waals surface area contributed by atoms with Crippen LogP contribution in [0, 0.1) is 0 Å². The lowest BCUT2D eigenvalue weighted by atomic mass is 10.3. The fourth-order valence-electron chi connectivity index (χ4n) is 3.14. The van der Waals surface area contributed by atoms with Gasteiger partial charge in [0, 0.05) is 26.2 Å². The summed E-state index contributed by atoms with van der Waals surface area (Å²) in [6.07, 6.45) is 2.42. The van der Waals surface area contributed by atoms with Crippen molar-refractivity contribution in [3.63, 3.8) is 0 Å². The van der Waals surface area contributed by atoms with Gasteiger partial charge < -0.3 is 27.5 Å². The van der Waals surface area contributed by atoms with Crippen LogP contribution >= 0.6 is 0 Å². The topological polar surface area (TPSA) is 64.6 Å². The Kier molecular flexibility index (Phi) is 11.6. The summed E-state index contributed by atoms with van der Waals surface area (Å²) in [7, 11) is -3.01. The molecule has 0 aromatic rings. The molecule has 0 N–H and O–H groups in total. The zero-order valence-electron chi connectivity index (χ0n) is 18.2. The Morgan fingerprint density at radius 2 is 1.59 bits per heavy atom. The highest BCUT2D eigenvalue weighted by atomic mass is 28.4. The molecule has 0 aliphatic carbocycles. The molecule has 0 aromatic carbocycles. The van der Waals surface area contributed by atoms with E-state index in [1.807, 2.05) is 41.5 Å². The van der Waals surface area contributed by atoms with E-state index in [-0.39, 0.29) is 11.8 Å². The Bertz CT molecular complexity index is 381. The molecule has 4 atom stereocenters. The van der Waals surface area contributed by atoms with Crippen molar-refractivity contribution in [1.82, 2.24) is 0 Å². The third kappa shape index (κ3) is 7.04. The third-order valence-electron chi connectivity index (χ3n) is 4.29. The van der Waals surface area contributed by atoms with Crippen molar-refractivity contribution in [2.24, 2.45) is 0 Å². The zero-order chi connectivity index (χ0) is 20.3. The van der Waals surface area contributed by atoms with Crippen LogP contribution in [-0.2, 0) is 32.2 Å². The molecule has 4 unspecified atom stereocenters. The highest BCUT2D eigenvalue weighted by Crippen LogP contribution is 2.32. The highest BCUT2D eigenvalue weighted by Gasteiger charge is 2.52. The molecule has 1 aliphatic rings. The van der Waals surface area contributed by atoms with Crippen molar-refractivity contribution in [3.05, 3.63) is 0 Å². The molecule has 0 bridgehead atoms. The lowest BCUT2D eigenvalue weighted by Crippen LogP contribution is -2.59. The summed E-state index contributed by atoms with van der Waals surface area (Å²) < 4.78 is 42.4. The summed E-state index contributed by atoms with van der Waals surface area (Å²) in [6.45, 7) is 16.0. The first-order valence-electron chi connectivity index (χ1n) is 10.5. The van der Waals surface area contributed by atoms with Gasteiger partial charge in [-0.05, 0) is 40.5 Å². The van der Waals surface area contributed by atoms with Gasteiger partial charge in [0.2, 0.25) is 0 Å². The minimum absolute atomic E-state index is 0.00219. The number of rotatable bonds is 15. The lowest BCUT2D eigenvalue weighted by Gasteiger charge is -2.38. The van der Waals surface area contributed by atoms with Gasteiger partial charge in [-0.2, -0.15) is 0 Å². The fourth-order valence-corrected chi connectivity index (χ4v) is 6.11. The summed E-state index contributed by atoms with van der Waals surface area (Å²) in [5.74, 6) is -1.05. The van der Waals surface area contributed by atoms with Crippen LogP contribution in [0.25, 0.3) is 0 Å². The molecule has 1 fully saturated rings.